The summed E-state index contributed by atoms with van der Waals surface area (Å²) in [7, 11) is 1.83. The zero-order valence-electron chi connectivity index (χ0n) is 9.46. The third kappa shape index (κ3) is 1.99. The molecule has 1 fully saturated rings. The van der Waals surface area contributed by atoms with E-state index in [0.29, 0.717) is 0 Å². The monoisotopic (exact) mass is 282 g/mol. The number of likely N-dealkylation sites (N-methyl/N-ethyl adjacent to an activating group) is 1. The first-order chi connectivity index (χ1) is 7.63. The van der Waals surface area contributed by atoms with Crippen LogP contribution in [0.15, 0.2) is 22.7 Å². The molecule has 0 radical (unpaired) electrons. The van der Waals surface area contributed by atoms with Crippen LogP contribution in [0.3, 0.4) is 0 Å². The van der Waals surface area contributed by atoms with Gasteiger partial charge in [0.2, 0.25) is 5.91 Å². The van der Waals surface area contributed by atoms with Gasteiger partial charge in [-0.25, -0.2) is 0 Å². The Bertz CT molecular complexity index is 419. The van der Waals surface area contributed by atoms with E-state index in [9.17, 15) is 4.79 Å². The summed E-state index contributed by atoms with van der Waals surface area (Å²) in [6.07, 6.45) is 0.876. The molecule has 1 amide bonds. The second-order valence-corrected chi connectivity index (χ2v) is 4.97. The molecule has 4 heteroatoms. The second-order valence-electron chi connectivity index (χ2n) is 4.05. The van der Waals surface area contributed by atoms with E-state index in [0.717, 1.165) is 28.7 Å². The second kappa shape index (κ2) is 4.55. The number of nitrogens with one attached hydrogen (secondary N) is 1. The summed E-state index contributed by atoms with van der Waals surface area (Å²) in [5.41, 5.74) is 2.14. The van der Waals surface area contributed by atoms with E-state index in [1.54, 1.807) is 0 Å². The summed E-state index contributed by atoms with van der Waals surface area (Å²) in [4.78, 5) is 13.9. The molecule has 0 aromatic heterocycles. The molecular formula is C12H15BrN2O. The Kier molecular flexibility index (Phi) is 3.30. The van der Waals surface area contributed by atoms with E-state index in [1.807, 2.05) is 37.1 Å². The van der Waals surface area contributed by atoms with Crippen molar-refractivity contribution in [2.75, 3.05) is 18.5 Å². The van der Waals surface area contributed by atoms with E-state index in [1.165, 1.54) is 0 Å². The van der Waals surface area contributed by atoms with Gasteiger partial charge < -0.3 is 10.2 Å². The molecule has 1 unspecified atom stereocenters. The van der Waals surface area contributed by atoms with Crippen LogP contribution in [0.4, 0.5) is 5.69 Å². The fraction of sp³-hybridized carbons (Fsp3) is 0.417. The molecule has 1 atom stereocenters. The van der Waals surface area contributed by atoms with E-state index in [-0.39, 0.29) is 11.9 Å². The summed E-state index contributed by atoms with van der Waals surface area (Å²) in [5, 5.41) is 3.04. The number of carbonyl (C=O) groups is 1. The minimum atomic E-state index is -0.0293. The Hall–Kier alpha value is -0.870. The molecule has 1 saturated heterocycles. The minimum absolute atomic E-state index is 0.0293. The normalized spacial score (nSPS) is 20.6. The molecule has 86 valence electrons. The van der Waals surface area contributed by atoms with Gasteiger partial charge in [0.25, 0.3) is 0 Å². The van der Waals surface area contributed by atoms with Crippen LogP contribution in [0.2, 0.25) is 0 Å². The van der Waals surface area contributed by atoms with E-state index in [2.05, 4.69) is 21.2 Å². The Balaban J connectivity index is 2.32. The van der Waals surface area contributed by atoms with Crippen LogP contribution in [0.1, 0.15) is 12.0 Å². The average Bonchev–Trinajstić information content (AvgIpc) is 2.63. The molecular weight excluding hydrogens is 268 g/mol. The van der Waals surface area contributed by atoms with Gasteiger partial charge in [0.15, 0.2) is 0 Å². The number of carbonyl (C=O) groups excluding carboxylic acids is 1. The standard InChI is InChI=1S/C12H15BrN2O/c1-8-3-4-9(13)7-11(8)15-6-5-10(14-2)12(15)16/h3-4,7,10,14H,5-6H2,1-2H3. The quantitative estimate of drug-likeness (QED) is 0.901. The Morgan fingerprint density at radius 3 is 2.88 bits per heavy atom. The number of anilines is 1. The van der Waals surface area contributed by atoms with Gasteiger partial charge in [0.1, 0.15) is 0 Å². The number of halogens is 1. The van der Waals surface area contributed by atoms with E-state index in [4.69, 9.17) is 0 Å². The summed E-state index contributed by atoms with van der Waals surface area (Å²) in [5.74, 6) is 0.170. The van der Waals surface area contributed by atoms with Crippen molar-refractivity contribution in [2.45, 2.75) is 19.4 Å². The largest absolute Gasteiger partial charge is 0.311 e. The minimum Gasteiger partial charge on any atom is -0.311 e. The lowest BCUT2D eigenvalue weighted by Crippen LogP contribution is -2.36. The fourth-order valence-electron chi connectivity index (χ4n) is 2.06. The summed E-state index contributed by atoms with van der Waals surface area (Å²) in [6, 6.07) is 6.00. The van der Waals surface area contributed by atoms with Gasteiger partial charge in [0.05, 0.1) is 6.04 Å². The Labute approximate surface area is 104 Å². The third-order valence-electron chi connectivity index (χ3n) is 3.02. The van der Waals surface area contributed by atoms with Gasteiger partial charge in [-0.15, -0.1) is 0 Å². The average molecular weight is 283 g/mol. The first-order valence-corrected chi connectivity index (χ1v) is 6.17. The topological polar surface area (TPSA) is 32.3 Å². The lowest BCUT2D eigenvalue weighted by Gasteiger charge is -2.19. The molecule has 16 heavy (non-hydrogen) atoms. The van der Waals surface area contributed by atoms with Crippen LogP contribution in [0.25, 0.3) is 0 Å². The van der Waals surface area contributed by atoms with Crippen molar-refractivity contribution < 1.29 is 4.79 Å². The SMILES string of the molecule is CNC1CCN(c2cc(Br)ccc2C)C1=O. The lowest BCUT2D eigenvalue weighted by molar-refractivity contribution is -0.118. The highest BCUT2D eigenvalue weighted by atomic mass is 79.9. The van der Waals surface area contributed by atoms with Gasteiger partial charge in [-0.2, -0.15) is 0 Å². The number of nitrogens with zero attached hydrogens (tertiary/aromatic N) is 1. The number of benzene rings is 1. The van der Waals surface area contributed by atoms with Crippen molar-refractivity contribution in [1.29, 1.82) is 0 Å². The van der Waals surface area contributed by atoms with Gasteiger partial charge in [-0.3, -0.25) is 4.79 Å². The fourth-order valence-corrected chi connectivity index (χ4v) is 2.41. The number of hydrogen-bond donors (Lipinski definition) is 1. The molecule has 1 N–H and O–H groups in total. The maximum atomic E-state index is 12.0. The molecule has 2 rings (SSSR count). The maximum Gasteiger partial charge on any atom is 0.244 e. The van der Waals surface area contributed by atoms with Gasteiger partial charge in [-0.1, -0.05) is 22.0 Å². The third-order valence-corrected chi connectivity index (χ3v) is 3.51. The summed E-state index contributed by atoms with van der Waals surface area (Å²) >= 11 is 3.44. The van der Waals surface area contributed by atoms with Gasteiger partial charge >= 0.3 is 0 Å². The highest BCUT2D eigenvalue weighted by molar-refractivity contribution is 9.10. The van der Waals surface area contributed by atoms with Crippen LogP contribution in [-0.2, 0) is 4.79 Å². The summed E-state index contributed by atoms with van der Waals surface area (Å²) < 4.78 is 1.01. The predicted octanol–water partition coefficient (Wildman–Crippen LogP) is 2.08. The molecule has 0 spiro atoms. The lowest BCUT2D eigenvalue weighted by atomic mass is 10.2. The first kappa shape index (κ1) is 11.6. The van der Waals surface area contributed by atoms with Crippen molar-refractivity contribution in [3.8, 4) is 0 Å². The molecule has 0 aliphatic carbocycles. The van der Waals surface area contributed by atoms with E-state index < -0.39 is 0 Å². The van der Waals surface area contributed by atoms with Crippen LogP contribution in [-0.4, -0.2) is 25.5 Å². The Morgan fingerprint density at radius 2 is 2.25 bits per heavy atom. The molecule has 1 aromatic rings. The molecule has 0 bridgehead atoms. The number of rotatable bonds is 2. The van der Waals surface area contributed by atoms with Crippen LogP contribution < -0.4 is 10.2 Å². The van der Waals surface area contributed by atoms with Crippen LogP contribution in [0, 0.1) is 6.92 Å². The molecule has 1 aliphatic rings. The highest BCUT2D eigenvalue weighted by Crippen LogP contribution is 2.28. The predicted molar refractivity (Wildman–Crippen MR) is 68.7 cm³/mol. The van der Waals surface area contributed by atoms with Crippen molar-refractivity contribution in [3.05, 3.63) is 28.2 Å². The maximum absolute atomic E-state index is 12.0. The van der Waals surface area contributed by atoms with Gasteiger partial charge in [-0.05, 0) is 38.1 Å². The van der Waals surface area contributed by atoms with Crippen molar-refractivity contribution in [1.82, 2.24) is 5.32 Å². The van der Waals surface area contributed by atoms with Crippen LogP contribution in [0.5, 0.6) is 0 Å². The molecule has 0 saturated carbocycles. The van der Waals surface area contributed by atoms with E-state index >= 15 is 0 Å². The molecule has 1 aliphatic heterocycles. The molecule has 3 nitrogen and oxygen atoms in total. The van der Waals surface area contributed by atoms with Crippen molar-refractivity contribution in [3.63, 3.8) is 0 Å². The van der Waals surface area contributed by atoms with Gasteiger partial charge in [0, 0.05) is 16.7 Å². The smallest absolute Gasteiger partial charge is 0.244 e. The zero-order chi connectivity index (χ0) is 11.7. The summed E-state index contributed by atoms with van der Waals surface area (Å²) in [6.45, 7) is 2.82. The number of hydrogen-bond acceptors (Lipinski definition) is 2. The molecule has 1 aromatic carbocycles. The Morgan fingerprint density at radius 1 is 1.50 bits per heavy atom. The zero-order valence-corrected chi connectivity index (χ0v) is 11.0. The number of aryl methyl sites for hydroxylation is 1. The first-order valence-electron chi connectivity index (χ1n) is 5.38. The number of amides is 1. The molecule has 1 heterocycles. The highest BCUT2D eigenvalue weighted by Gasteiger charge is 2.31. The van der Waals surface area contributed by atoms with Crippen molar-refractivity contribution >= 4 is 27.5 Å². The van der Waals surface area contributed by atoms with Crippen LogP contribution >= 0.6 is 15.9 Å². The van der Waals surface area contributed by atoms with Crippen molar-refractivity contribution in [2.24, 2.45) is 0 Å².